The average molecular weight is 210 g/mol. The summed E-state index contributed by atoms with van der Waals surface area (Å²) in [4.78, 5) is 11.1. The molecule has 1 aromatic heterocycles. The van der Waals surface area contributed by atoms with Gasteiger partial charge in [-0.1, -0.05) is 13.8 Å². The third-order valence-electron chi connectivity index (χ3n) is 2.15. The lowest BCUT2D eigenvalue weighted by molar-refractivity contribution is 0.0918. The van der Waals surface area contributed by atoms with Crippen LogP contribution >= 0.6 is 0 Å². The minimum Gasteiger partial charge on any atom is -0.394 e. The van der Waals surface area contributed by atoms with E-state index in [0.717, 1.165) is 6.54 Å². The number of pyridine rings is 1. The van der Waals surface area contributed by atoms with Crippen LogP contribution in [0, 0.1) is 5.41 Å². The van der Waals surface area contributed by atoms with Gasteiger partial charge in [0.2, 0.25) is 5.43 Å². The summed E-state index contributed by atoms with van der Waals surface area (Å²) in [6.45, 7) is 5.64. The largest absolute Gasteiger partial charge is 0.394 e. The molecule has 1 heterocycles. The number of nitrogens with zero attached hydrogens (tertiary/aromatic N) is 1. The Balaban J connectivity index is 2.81. The number of methoxy groups -OCH3 is 1. The van der Waals surface area contributed by atoms with Crippen LogP contribution in [-0.2, 0) is 11.3 Å². The number of ether oxygens (including phenoxy) is 1. The van der Waals surface area contributed by atoms with Crippen molar-refractivity contribution in [1.82, 2.24) is 4.57 Å². The number of rotatable bonds is 4. The molecular formula is C11H18N2O2. The quantitative estimate of drug-likeness (QED) is 0.809. The highest BCUT2D eigenvalue weighted by Gasteiger charge is 2.17. The van der Waals surface area contributed by atoms with Crippen molar-refractivity contribution in [1.29, 1.82) is 0 Å². The van der Waals surface area contributed by atoms with E-state index in [-0.39, 0.29) is 16.5 Å². The van der Waals surface area contributed by atoms with Crippen LogP contribution < -0.4 is 11.2 Å². The molecule has 2 N–H and O–H groups in total. The Bertz CT molecular complexity index is 382. The van der Waals surface area contributed by atoms with Crippen LogP contribution in [0.25, 0.3) is 0 Å². The molecule has 0 aliphatic rings. The highest BCUT2D eigenvalue weighted by molar-refractivity contribution is 5.33. The minimum atomic E-state index is -0.129. The SMILES string of the molecule is COCC(C)(C)Cn1ccc(=O)c(N)c1. The van der Waals surface area contributed by atoms with Gasteiger partial charge in [-0.2, -0.15) is 0 Å². The monoisotopic (exact) mass is 210 g/mol. The van der Waals surface area contributed by atoms with Crippen LogP contribution in [0.3, 0.4) is 0 Å². The number of nitrogens with two attached hydrogens (primary N) is 1. The number of hydrogen-bond acceptors (Lipinski definition) is 3. The van der Waals surface area contributed by atoms with E-state index < -0.39 is 0 Å². The van der Waals surface area contributed by atoms with Gasteiger partial charge in [0.1, 0.15) is 0 Å². The molecule has 15 heavy (non-hydrogen) atoms. The maximum atomic E-state index is 11.1. The lowest BCUT2D eigenvalue weighted by Gasteiger charge is -2.24. The predicted molar refractivity (Wildman–Crippen MR) is 60.8 cm³/mol. The highest BCUT2D eigenvalue weighted by atomic mass is 16.5. The second-order valence-corrected chi connectivity index (χ2v) is 4.53. The molecule has 84 valence electrons. The molecule has 0 aliphatic carbocycles. The number of nitrogen functional groups attached to an aromatic ring is 1. The van der Waals surface area contributed by atoms with Gasteiger partial charge in [-0.25, -0.2) is 0 Å². The zero-order chi connectivity index (χ0) is 11.5. The van der Waals surface area contributed by atoms with Crippen molar-refractivity contribution in [3.63, 3.8) is 0 Å². The second kappa shape index (κ2) is 4.49. The molecule has 0 unspecified atom stereocenters. The summed E-state index contributed by atoms with van der Waals surface area (Å²) in [5.74, 6) is 0. The summed E-state index contributed by atoms with van der Waals surface area (Å²) in [7, 11) is 1.68. The molecule has 0 saturated heterocycles. The lowest BCUT2D eigenvalue weighted by Crippen LogP contribution is -2.25. The Morgan fingerprint density at radius 3 is 2.73 bits per heavy atom. The summed E-state index contributed by atoms with van der Waals surface area (Å²) in [6, 6.07) is 1.48. The fraction of sp³-hybridized carbons (Fsp3) is 0.545. The van der Waals surface area contributed by atoms with E-state index in [2.05, 4.69) is 13.8 Å². The van der Waals surface area contributed by atoms with E-state index in [0.29, 0.717) is 6.61 Å². The molecule has 0 radical (unpaired) electrons. The number of hydrogen-bond donors (Lipinski definition) is 1. The fourth-order valence-corrected chi connectivity index (χ4v) is 1.57. The van der Waals surface area contributed by atoms with E-state index >= 15 is 0 Å². The first-order chi connectivity index (χ1) is 6.94. The van der Waals surface area contributed by atoms with Gasteiger partial charge >= 0.3 is 0 Å². The molecule has 0 bridgehead atoms. The standard InChI is InChI=1S/C11H18N2O2/c1-11(2,8-15-3)7-13-5-4-10(14)9(12)6-13/h4-6H,7-8,12H2,1-3H3. The Morgan fingerprint density at radius 1 is 1.53 bits per heavy atom. The summed E-state index contributed by atoms with van der Waals surface area (Å²) in [6.07, 6.45) is 3.41. The van der Waals surface area contributed by atoms with Crippen molar-refractivity contribution in [3.8, 4) is 0 Å². The van der Waals surface area contributed by atoms with Crippen LogP contribution in [-0.4, -0.2) is 18.3 Å². The van der Waals surface area contributed by atoms with E-state index in [9.17, 15) is 4.79 Å². The van der Waals surface area contributed by atoms with Crippen molar-refractivity contribution >= 4 is 5.69 Å². The zero-order valence-corrected chi connectivity index (χ0v) is 9.49. The molecule has 0 amide bonds. The summed E-state index contributed by atoms with van der Waals surface area (Å²) < 4.78 is 7.04. The van der Waals surface area contributed by atoms with Crippen LogP contribution in [0.1, 0.15) is 13.8 Å². The fourth-order valence-electron chi connectivity index (χ4n) is 1.57. The molecule has 0 fully saturated rings. The summed E-state index contributed by atoms with van der Waals surface area (Å²) in [5, 5.41) is 0. The first-order valence-electron chi connectivity index (χ1n) is 4.89. The van der Waals surface area contributed by atoms with E-state index in [1.807, 2.05) is 4.57 Å². The number of anilines is 1. The van der Waals surface area contributed by atoms with Gasteiger partial charge in [0.05, 0.1) is 12.3 Å². The normalized spacial score (nSPS) is 11.7. The molecule has 1 aromatic rings. The van der Waals surface area contributed by atoms with Gasteiger partial charge < -0.3 is 15.0 Å². The second-order valence-electron chi connectivity index (χ2n) is 4.53. The molecule has 0 saturated carbocycles. The van der Waals surface area contributed by atoms with Gasteiger partial charge in [0.25, 0.3) is 0 Å². The Labute approximate surface area is 89.7 Å². The van der Waals surface area contributed by atoms with Crippen molar-refractivity contribution in [3.05, 3.63) is 28.7 Å². The summed E-state index contributed by atoms with van der Waals surface area (Å²) in [5.41, 5.74) is 5.73. The van der Waals surface area contributed by atoms with Gasteiger partial charge in [0, 0.05) is 37.5 Å². The molecular weight excluding hydrogens is 192 g/mol. The third-order valence-corrected chi connectivity index (χ3v) is 2.15. The first-order valence-corrected chi connectivity index (χ1v) is 4.89. The molecule has 4 nitrogen and oxygen atoms in total. The predicted octanol–water partition coefficient (Wildman–Crippen LogP) is 1.10. The van der Waals surface area contributed by atoms with Gasteiger partial charge in [-0.15, -0.1) is 0 Å². The zero-order valence-electron chi connectivity index (χ0n) is 9.49. The van der Waals surface area contributed by atoms with Gasteiger partial charge in [-0.3, -0.25) is 4.79 Å². The molecule has 0 aromatic carbocycles. The average Bonchev–Trinajstić information content (AvgIpc) is 2.10. The Morgan fingerprint density at radius 2 is 2.20 bits per heavy atom. The van der Waals surface area contributed by atoms with Gasteiger partial charge in [-0.05, 0) is 0 Å². The smallest absolute Gasteiger partial charge is 0.204 e. The maximum absolute atomic E-state index is 11.1. The molecule has 0 aliphatic heterocycles. The van der Waals surface area contributed by atoms with Crippen molar-refractivity contribution < 1.29 is 4.74 Å². The minimum absolute atomic E-state index is 0.0241. The van der Waals surface area contributed by atoms with Crippen molar-refractivity contribution in [2.75, 3.05) is 19.5 Å². The lowest BCUT2D eigenvalue weighted by atomic mass is 9.95. The van der Waals surface area contributed by atoms with Crippen LogP contribution in [0.15, 0.2) is 23.3 Å². The maximum Gasteiger partial charge on any atom is 0.204 e. The summed E-state index contributed by atoms with van der Waals surface area (Å²) >= 11 is 0. The van der Waals surface area contributed by atoms with Gasteiger partial charge in [0.15, 0.2) is 0 Å². The van der Waals surface area contributed by atoms with E-state index in [1.165, 1.54) is 6.07 Å². The molecule has 1 rings (SSSR count). The van der Waals surface area contributed by atoms with E-state index in [1.54, 1.807) is 19.5 Å². The first kappa shape index (κ1) is 11.8. The third kappa shape index (κ3) is 3.40. The number of aromatic nitrogens is 1. The van der Waals surface area contributed by atoms with Crippen molar-refractivity contribution in [2.45, 2.75) is 20.4 Å². The van der Waals surface area contributed by atoms with Crippen LogP contribution in [0.2, 0.25) is 0 Å². The Hall–Kier alpha value is -1.29. The van der Waals surface area contributed by atoms with Crippen LogP contribution in [0.4, 0.5) is 5.69 Å². The van der Waals surface area contributed by atoms with E-state index in [4.69, 9.17) is 10.5 Å². The molecule has 0 spiro atoms. The topological polar surface area (TPSA) is 57.2 Å². The molecule has 4 heteroatoms. The highest BCUT2D eigenvalue weighted by Crippen LogP contribution is 2.18. The van der Waals surface area contributed by atoms with Crippen LogP contribution in [0.5, 0.6) is 0 Å². The molecule has 0 atom stereocenters. The Kier molecular flexibility index (Phi) is 3.52. The van der Waals surface area contributed by atoms with Crippen molar-refractivity contribution in [2.24, 2.45) is 5.41 Å².